The van der Waals surface area contributed by atoms with Crippen molar-refractivity contribution < 1.29 is 24.5 Å². The molecule has 6 heteroatoms. The molecule has 0 heterocycles. The zero-order chi connectivity index (χ0) is 59.2. The lowest BCUT2D eigenvalue weighted by molar-refractivity contribution is -0.143. The molecular weight excluding hydrogens is 1010 g/mol. The van der Waals surface area contributed by atoms with E-state index in [1.54, 1.807) is 6.08 Å². The monoisotopic (exact) mass is 1150 g/mol. The third kappa shape index (κ3) is 67.5. The molecular formula is C76H147NO5. The van der Waals surface area contributed by atoms with Gasteiger partial charge in [-0.2, -0.15) is 0 Å². The molecule has 0 fully saturated rings. The summed E-state index contributed by atoms with van der Waals surface area (Å²) in [6, 6.07) is -0.623. The van der Waals surface area contributed by atoms with Gasteiger partial charge in [0.1, 0.15) is 0 Å². The summed E-state index contributed by atoms with van der Waals surface area (Å²) >= 11 is 0. The van der Waals surface area contributed by atoms with Gasteiger partial charge in [0, 0.05) is 12.8 Å². The standard InChI is InChI=1S/C76H147NO5/c1-3-5-7-9-11-13-15-17-40-44-48-52-56-60-64-68-74(79)73(72-78)77-75(80)69-65-61-57-53-49-45-42-38-36-34-32-30-28-26-24-22-20-19-21-23-25-27-29-31-33-35-37-39-43-47-51-55-59-63-67-71-82-76(81)70-66-62-58-54-50-46-41-18-16-14-12-10-8-6-4-2/h18,41,64,68,73-74,78-79H,3-17,19-40,42-63,65-67,69-72H2,1-2H3,(H,77,80)/b41-18-,68-64+. The van der Waals surface area contributed by atoms with Crippen LogP contribution in [0.2, 0.25) is 0 Å². The maximum atomic E-state index is 12.5. The zero-order valence-electron chi connectivity index (χ0n) is 55.8. The van der Waals surface area contributed by atoms with E-state index in [9.17, 15) is 19.8 Å². The molecule has 3 N–H and O–H groups in total. The van der Waals surface area contributed by atoms with Crippen molar-refractivity contribution in [1.29, 1.82) is 0 Å². The highest BCUT2D eigenvalue weighted by Gasteiger charge is 2.18. The number of hydrogen-bond acceptors (Lipinski definition) is 5. The van der Waals surface area contributed by atoms with Crippen LogP contribution in [0.4, 0.5) is 0 Å². The van der Waals surface area contributed by atoms with Crippen molar-refractivity contribution in [3.63, 3.8) is 0 Å². The van der Waals surface area contributed by atoms with Crippen LogP contribution >= 0.6 is 0 Å². The second-order valence-electron chi connectivity index (χ2n) is 26.0. The summed E-state index contributed by atoms with van der Waals surface area (Å²) in [6.07, 6.45) is 91.5. The zero-order valence-corrected chi connectivity index (χ0v) is 55.8. The first-order chi connectivity index (χ1) is 40.5. The number of aliphatic hydroxyl groups excluding tert-OH is 2. The Bertz CT molecular complexity index is 1280. The maximum Gasteiger partial charge on any atom is 0.305 e. The molecule has 2 atom stereocenters. The minimum Gasteiger partial charge on any atom is -0.466 e. The van der Waals surface area contributed by atoms with Gasteiger partial charge in [-0.15, -0.1) is 0 Å². The number of ether oxygens (including phenoxy) is 1. The van der Waals surface area contributed by atoms with Crippen LogP contribution in [0.3, 0.4) is 0 Å². The first-order valence-corrected chi connectivity index (χ1v) is 37.6. The summed E-state index contributed by atoms with van der Waals surface area (Å²) in [5.74, 6) is -0.0447. The number of rotatable bonds is 71. The first kappa shape index (κ1) is 80.3. The van der Waals surface area contributed by atoms with Crippen LogP contribution < -0.4 is 5.32 Å². The SMILES string of the molecule is CCCCCCCC/C=C\CCCCCCCC(=O)OCCCCCCCCCCCCCCCCCCCCCCCCCCCCCCCCCCCCCC(=O)NC(CO)C(O)/C=C/CCCCCCCCCCCCCCC. The fourth-order valence-electron chi connectivity index (χ4n) is 12.0. The predicted octanol–water partition coefficient (Wildman–Crippen LogP) is 24.5. The van der Waals surface area contributed by atoms with Crippen molar-refractivity contribution in [2.24, 2.45) is 0 Å². The van der Waals surface area contributed by atoms with E-state index in [0.717, 1.165) is 44.9 Å². The van der Waals surface area contributed by atoms with Crippen molar-refractivity contribution >= 4 is 11.9 Å². The Kier molecular flexibility index (Phi) is 70.4. The minimum atomic E-state index is -0.840. The molecule has 0 aliphatic rings. The molecule has 0 aromatic rings. The van der Waals surface area contributed by atoms with Crippen LogP contribution in [0, 0.1) is 0 Å². The maximum absolute atomic E-state index is 12.5. The highest BCUT2D eigenvalue weighted by atomic mass is 16.5. The van der Waals surface area contributed by atoms with E-state index in [1.165, 1.54) is 353 Å². The Balaban J connectivity index is 3.31. The van der Waals surface area contributed by atoms with Gasteiger partial charge in [-0.1, -0.05) is 378 Å². The van der Waals surface area contributed by atoms with Gasteiger partial charge >= 0.3 is 5.97 Å². The lowest BCUT2D eigenvalue weighted by atomic mass is 10.0. The first-order valence-electron chi connectivity index (χ1n) is 37.6. The molecule has 0 bridgehead atoms. The Morgan fingerprint density at radius 3 is 0.866 bits per heavy atom. The summed E-state index contributed by atoms with van der Waals surface area (Å²) < 4.78 is 5.50. The summed E-state index contributed by atoms with van der Waals surface area (Å²) in [6.45, 7) is 4.93. The van der Waals surface area contributed by atoms with Crippen LogP contribution in [0.1, 0.15) is 425 Å². The average Bonchev–Trinajstić information content (AvgIpc) is 3.48. The van der Waals surface area contributed by atoms with Crippen LogP contribution in [0.15, 0.2) is 24.3 Å². The molecule has 0 radical (unpaired) electrons. The largest absolute Gasteiger partial charge is 0.466 e. The number of allylic oxidation sites excluding steroid dienone is 3. The number of amides is 1. The summed E-state index contributed by atoms with van der Waals surface area (Å²) in [5, 5.41) is 23.2. The predicted molar refractivity (Wildman–Crippen MR) is 361 cm³/mol. The number of aliphatic hydroxyl groups is 2. The lowest BCUT2D eigenvalue weighted by Crippen LogP contribution is -2.45. The normalized spacial score (nSPS) is 12.6. The van der Waals surface area contributed by atoms with Gasteiger partial charge in [-0.05, 0) is 57.8 Å². The van der Waals surface area contributed by atoms with Gasteiger partial charge < -0.3 is 20.3 Å². The molecule has 0 aliphatic carbocycles. The van der Waals surface area contributed by atoms with E-state index in [4.69, 9.17) is 4.74 Å². The van der Waals surface area contributed by atoms with Crippen LogP contribution in [-0.4, -0.2) is 47.4 Å². The highest BCUT2D eigenvalue weighted by Crippen LogP contribution is 2.19. The molecule has 486 valence electrons. The molecule has 0 spiro atoms. The third-order valence-corrected chi connectivity index (χ3v) is 17.7. The Morgan fingerprint density at radius 1 is 0.329 bits per heavy atom. The Labute approximate surface area is 513 Å². The van der Waals surface area contributed by atoms with Crippen molar-refractivity contribution in [3.05, 3.63) is 24.3 Å². The lowest BCUT2D eigenvalue weighted by Gasteiger charge is -2.20. The molecule has 0 saturated heterocycles. The van der Waals surface area contributed by atoms with E-state index in [2.05, 4.69) is 31.3 Å². The van der Waals surface area contributed by atoms with E-state index < -0.39 is 12.1 Å². The Hall–Kier alpha value is -1.66. The number of hydrogen-bond donors (Lipinski definition) is 3. The van der Waals surface area contributed by atoms with E-state index in [1.807, 2.05) is 6.08 Å². The minimum absolute atomic E-state index is 0.0151. The molecule has 2 unspecified atom stereocenters. The van der Waals surface area contributed by atoms with E-state index in [-0.39, 0.29) is 18.5 Å². The number of carbonyl (C=O) groups excluding carboxylic acids is 2. The van der Waals surface area contributed by atoms with E-state index >= 15 is 0 Å². The van der Waals surface area contributed by atoms with Gasteiger partial charge in [0.05, 0.1) is 25.4 Å². The number of carbonyl (C=O) groups is 2. The molecule has 0 saturated carbocycles. The molecule has 0 aromatic carbocycles. The van der Waals surface area contributed by atoms with E-state index in [0.29, 0.717) is 19.4 Å². The second kappa shape index (κ2) is 71.8. The number of esters is 1. The van der Waals surface area contributed by atoms with Crippen LogP contribution in [-0.2, 0) is 14.3 Å². The molecule has 0 aliphatic heterocycles. The summed E-state index contributed by atoms with van der Waals surface area (Å²) in [7, 11) is 0. The van der Waals surface area contributed by atoms with Crippen LogP contribution in [0.25, 0.3) is 0 Å². The molecule has 1 amide bonds. The fourth-order valence-corrected chi connectivity index (χ4v) is 12.0. The quantitative estimate of drug-likeness (QED) is 0.0320. The van der Waals surface area contributed by atoms with Gasteiger partial charge in [-0.3, -0.25) is 9.59 Å². The van der Waals surface area contributed by atoms with Crippen molar-refractivity contribution in [2.45, 2.75) is 437 Å². The third-order valence-electron chi connectivity index (χ3n) is 17.7. The van der Waals surface area contributed by atoms with Crippen molar-refractivity contribution in [1.82, 2.24) is 5.32 Å². The topological polar surface area (TPSA) is 95.9 Å². The Morgan fingerprint density at radius 2 is 0.573 bits per heavy atom. The highest BCUT2D eigenvalue weighted by molar-refractivity contribution is 5.76. The van der Waals surface area contributed by atoms with Crippen molar-refractivity contribution in [2.75, 3.05) is 13.2 Å². The number of nitrogens with one attached hydrogen (secondary N) is 1. The van der Waals surface area contributed by atoms with Gasteiger partial charge in [0.2, 0.25) is 5.91 Å². The van der Waals surface area contributed by atoms with Crippen molar-refractivity contribution in [3.8, 4) is 0 Å². The summed E-state index contributed by atoms with van der Waals surface area (Å²) in [4.78, 5) is 24.6. The van der Waals surface area contributed by atoms with Gasteiger partial charge in [-0.25, -0.2) is 0 Å². The second-order valence-corrected chi connectivity index (χ2v) is 26.0. The number of unbranched alkanes of at least 4 members (excludes halogenated alkanes) is 58. The molecule has 0 rings (SSSR count). The molecule has 0 aromatic heterocycles. The average molecular weight is 1160 g/mol. The van der Waals surface area contributed by atoms with Gasteiger partial charge in [0.25, 0.3) is 0 Å². The molecule has 82 heavy (non-hydrogen) atoms. The van der Waals surface area contributed by atoms with Gasteiger partial charge in [0.15, 0.2) is 0 Å². The fraction of sp³-hybridized carbons (Fsp3) is 0.921. The smallest absolute Gasteiger partial charge is 0.305 e. The molecule has 6 nitrogen and oxygen atoms in total. The summed E-state index contributed by atoms with van der Waals surface area (Å²) in [5.41, 5.74) is 0. The van der Waals surface area contributed by atoms with Crippen LogP contribution in [0.5, 0.6) is 0 Å².